The standard InChI is InChI=1S/C19H23F3O5/c20-19(21,22)11-2-1-3-13(6-11)26-10-12(24)4-5-15-16-7-14(9-23)27-18(16)8-17(15)25/h1-6,12,14-18,23-25H,7-10H2/b5-4+/t12-,14?,15?,16?,17-,18+/m1/s1. The van der Waals surface area contributed by atoms with Crippen LogP contribution in [-0.4, -0.2) is 52.9 Å². The Hall–Kier alpha value is -1.61. The van der Waals surface area contributed by atoms with Crippen LogP contribution < -0.4 is 4.74 Å². The van der Waals surface area contributed by atoms with Crippen LogP contribution in [0.3, 0.4) is 0 Å². The molecule has 3 N–H and O–H groups in total. The molecule has 1 saturated carbocycles. The Morgan fingerprint density at radius 3 is 2.78 bits per heavy atom. The maximum absolute atomic E-state index is 12.7. The van der Waals surface area contributed by atoms with Crippen molar-refractivity contribution in [3.63, 3.8) is 0 Å². The van der Waals surface area contributed by atoms with Crippen molar-refractivity contribution in [3.05, 3.63) is 42.0 Å². The summed E-state index contributed by atoms with van der Waals surface area (Å²) in [5.41, 5.74) is -0.815. The average Bonchev–Trinajstić information content (AvgIpc) is 3.14. The Kier molecular flexibility index (Phi) is 6.10. The second-order valence-electron chi connectivity index (χ2n) is 7.05. The van der Waals surface area contributed by atoms with E-state index in [1.54, 1.807) is 6.08 Å². The fourth-order valence-electron chi connectivity index (χ4n) is 3.82. The molecule has 6 atom stereocenters. The Morgan fingerprint density at radius 1 is 1.30 bits per heavy atom. The quantitative estimate of drug-likeness (QED) is 0.651. The lowest BCUT2D eigenvalue weighted by Gasteiger charge is -2.17. The highest BCUT2D eigenvalue weighted by molar-refractivity contribution is 5.30. The summed E-state index contributed by atoms with van der Waals surface area (Å²) in [6.45, 7) is -0.266. The molecule has 8 heteroatoms. The molecule has 2 fully saturated rings. The largest absolute Gasteiger partial charge is 0.491 e. The molecule has 1 aliphatic heterocycles. The summed E-state index contributed by atoms with van der Waals surface area (Å²) >= 11 is 0. The molecule has 1 aromatic carbocycles. The molecular formula is C19H23F3O5. The molecule has 1 heterocycles. The molecule has 5 nitrogen and oxygen atoms in total. The summed E-state index contributed by atoms with van der Waals surface area (Å²) in [4.78, 5) is 0. The number of rotatable bonds is 6. The van der Waals surface area contributed by atoms with E-state index in [9.17, 15) is 28.5 Å². The van der Waals surface area contributed by atoms with E-state index in [-0.39, 0.29) is 43.0 Å². The van der Waals surface area contributed by atoms with Crippen LogP contribution in [0.25, 0.3) is 0 Å². The zero-order valence-electron chi connectivity index (χ0n) is 14.5. The third-order valence-electron chi connectivity index (χ3n) is 5.13. The number of aliphatic hydroxyl groups is 3. The first kappa shape index (κ1) is 20.1. The maximum Gasteiger partial charge on any atom is 0.416 e. The summed E-state index contributed by atoms with van der Waals surface area (Å²) in [5.74, 6) is -0.104. The molecule has 150 valence electrons. The van der Waals surface area contributed by atoms with Crippen LogP contribution in [0.2, 0.25) is 0 Å². The van der Waals surface area contributed by atoms with Gasteiger partial charge in [0.2, 0.25) is 0 Å². The highest BCUT2D eigenvalue weighted by atomic mass is 19.4. The van der Waals surface area contributed by atoms with Gasteiger partial charge in [-0.25, -0.2) is 0 Å². The van der Waals surface area contributed by atoms with E-state index in [0.29, 0.717) is 12.8 Å². The monoisotopic (exact) mass is 388 g/mol. The number of ether oxygens (including phenoxy) is 2. The van der Waals surface area contributed by atoms with Gasteiger partial charge in [-0.15, -0.1) is 0 Å². The summed E-state index contributed by atoms with van der Waals surface area (Å²) < 4.78 is 49.0. The van der Waals surface area contributed by atoms with Gasteiger partial charge in [0.25, 0.3) is 0 Å². The second-order valence-corrected chi connectivity index (χ2v) is 7.05. The number of hydrogen-bond donors (Lipinski definition) is 3. The van der Waals surface area contributed by atoms with Crippen molar-refractivity contribution in [2.45, 2.75) is 43.4 Å². The first-order chi connectivity index (χ1) is 12.8. The van der Waals surface area contributed by atoms with Crippen molar-refractivity contribution in [2.75, 3.05) is 13.2 Å². The van der Waals surface area contributed by atoms with E-state index in [1.807, 2.05) is 0 Å². The normalized spacial score (nSPS) is 32.0. The minimum Gasteiger partial charge on any atom is -0.491 e. The highest BCUT2D eigenvalue weighted by Gasteiger charge is 2.47. The van der Waals surface area contributed by atoms with Gasteiger partial charge in [-0.1, -0.05) is 18.2 Å². The molecule has 27 heavy (non-hydrogen) atoms. The number of fused-ring (bicyclic) bond motifs is 1. The number of halogens is 3. The van der Waals surface area contributed by atoms with Gasteiger partial charge in [0.1, 0.15) is 18.5 Å². The first-order valence-electron chi connectivity index (χ1n) is 8.88. The van der Waals surface area contributed by atoms with Gasteiger partial charge < -0.3 is 24.8 Å². The molecule has 1 aliphatic carbocycles. The van der Waals surface area contributed by atoms with Crippen molar-refractivity contribution < 1.29 is 38.0 Å². The second kappa shape index (κ2) is 8.18. The Bertz CT molecular complexity index is 663. The SMILES string of the molecule is OCC1CC2C(/C=C/[C@@H](O)COc3cccc(C(F)(F)F)c3)[C@H](O)C[C@@H]2O1. The zero-order valence-corrected chi connectivity index (χ0v) is 14.5. The summed E-state index contributed by atoms with van der Waals surface area (Å²) in [5, 5.41) is 29.4. The van der Waals surface area contributed by atoms with Gasteiger partial charge in [0.05, 0.1) is 30.5 Å². The van der Waals surface area contributed by atoms with E-state index in [2.05, 4.69) is 0 Å². The van der Waals surface area contributed by atoms with Crippen molar-refractivity contribution in [1.29, 1.82) is 0 Å². The van der Waals surface area contributed by atoms with E-state index in [1.165, 1.54) is 18.2 Å². The maximum atomic E-state index is 12.7. The topological polar surface area (TPSA) is 79.2 Å². The number of alkyl halides is 3. The molecular weight excluding hydrogens is 365 g/mol. The van der Waals surface area contributed by atoms with Crippen molar-refractivity contribution >= 4 is 0 Å². The minimum atomic E-state index is -4.46. The van der Waals surface area contributed by atoms with Crippen LogP contribution in [0.5, 0.6) is 5.75 Å². The molecule has 3 rings (SSSR count). The van der Waals surface area contributed by atoms with Gasteiger partial charge in [0, 0.05) is 12.3 Å². The third-order valence-corrected chi connectivity index (χ3v) is 5.13. The number of aliphatic hydroxyl groups excluding tert-OH is 3. The third kappa shape index (κ3) is 4.82. The fraction of sp³-hybridized carbons (Fsp3) is 0.579. The van der Waals surface area contributed by atoms with Gasteiger partial charge in [0.15, 0.2) is 0 Å². The van der Waals surface area contributed by atoms with E-state index < -0.39 is 23.9 Å². The van der Waals surface area contributed by atoms with E-state index >= 15 is 0 Å². The molecule has 0 bridgehead atoms. The van der Waals surface area contributed by atoms with Gasteiger partial charge >= 0.3 is 6.18 Å². The predicted molar refractivity (Wildman–Crippen MR) is 90.1 cm³/mol. The van der Waals surface area contributed by atoms with E-state index in [0.717, 1.165) is 12.1 Å². The first-order valence-corrected chi connectivity index (χ1v) is 8.88. The zero-order chi connectivity index (χ0) is 19.6. The van der Waals surface area contributed by atoms with Gasteiger partial charge in [-0.2, -0.15) is 13.2 Å². The van der Waals surface area contributed by atoms with E-state index in [4.69, 9.17) is 9.47 Å². The van der Waals surface area contributed by atoms with Crippen LogP contribution in [0.4, 0.5) is 13.2 Å². The summed E-state index contributed by atoms with van der Waals surface area (Å²) in [6.07, 6.45) is -2.09. The fourth-order valence-corrected chi connectivity index (χ4v) is 3.82. The van der Waals surface area contributed by atoms with Crippen LogP contribution in [-0.2, 0) is 10.9 Å². The number of benzene rings is 1. The van der Waals surface area contributed by atoms with Crippen LogP contribution in [0.15, 0.2) is 36.4 Å². The van der Waals surface area contributed by atoms with Crippen LogP contribution >= 0.6 is 0 Å². The van der Waals surface area contributed by atoms with Crippen molar-refractivity contribution in [3.8, 4) is 5.75 Å². The molecule has 1 saturated heterocycles. The Balaban J connectivity index is 1.54. The summed E-state index contributed by atoms with van der Waals surface area (Å²) in [6, 6.07) is 4.46. The molecule has 3 unspecified atom stereocenters. The molecule has 1 aromatic rings. The van der Waals surface area contributed by atoms with Gasteiger partial charge in [-0.05, 0) is 30.5 Å². The smallest absolute Gasteiger partial charge is 0.416 e. The highest BCUT2D eigenvalue weighted by Crippen LogP contribution is 2.43. The lowest BCUT2D eigenvalue weighted by Crippen LogP contribution is -2.21. The molecule has 0 spiro atoms. The summed E-state index contributed by atoms with van der Waals surface area (Å²) in [7, 11) is 0. The van der Waals surface area contributed by atoms with Crippen molar-refractivity contribution in [1.82, 2.24) is 0 Å². The number of hydrogen-bond acceptors (Lipinski definition) is 5. The molecule has 0 radical (unpaired) electrons. The Labute approximate surface area is 155 Å². The van der Waals surface area contributed by atoms with Crippen molar-refractivity contribution in [2.24, 2.45) is 11.8 Å². The lowest BCUT2D eigenvalue weighted by molar-refractivity contribution is -0.137. The molecule has 0 amide bonds. The predicted octanol–water partition coefficient (Wildman–Crippen LogP) is 2.15. The molecule has 2 aliphatic rings. The Morgan fingerprint density at radius 2 is 2.07 bits per heavy atom. The minimum absolute atomic E-state index is 0.0215. The van der Waals surface area contributed by atoms with Gasteiger partial charge in [-0.3, -0.25) is 0 Å². The average molecular weight is 388 g/mol. The molecule has 0 aromatic heterocycles. The van der Waals surface area contributed by atoms with Crippen LogP contribution in [0, 0.1) is 11.8 Å². The van der Waals surface area contributed by atoms with Crippen LogP contribution in [0.1, 0.15) is 18.4 Å². The lowest BCUT2D eigenvalue weighted by atomic mass is 9.90.